The zero-order valence-corrected chi connectivity index (χ0v) is 24.9. The average molecular weight is 590 g/mol. The number of piperazine rings is 2. The largest absolute Gasteiger partial charge is 0.325 e. The second-order valence-corrected chi connectivity index (χ2v) is 11.3. The van der Waals surface area contributed by atoms with Crippen molar-refractivity contribution < 1.29 is 9.59 Å². The van der Waals surface area contributed by atoms with Crippen molar-refractivity contribution in [3.63, 3.8) is 0 Å². The maximum atomic E-state index is 12.6. The van der Waals surface area contributed by atoms with E-state index in [1.54, 1.807) is 0 Å². The summed E-state index contributed by atoms with van der Waals surface area (Å²) < 4.78 is 0. The van der Waals surface area contributed by atoms with Gasteiger partial charge in [0.25, 0.3) is 0 Å². The average Bonchev–Trinajstić information content (AvgIpc) is 3.06. The summed E-state index contributed by atoms with van der Waals surface area (Å²) in [5.74, 6) is -0.0101. The third kappa shape index (κ3) is 7.94. The Bertz CT molecular complexity index is 1450. The van der Waals surface area contributed by atoms with E-state index in [2.05, 4.69) is 55.3 Å². The number of nitrogens with zero attached hydrogens (tertiary/aromatic N) is 3. The lowest BCUT2D eigenvalue weighted by Gasteiger charge is -2.26. The smallest absolute Gasteiger partial charge is 0.238 e. The van der Waals surface area contributed by atoms with E-state index >= 15 is 0 Å². The number of hydrogen-bond acceptors (Lipinski definition) is 7. The summed E-state index contributed by atoms with van der Waals surface area (Å²) in [6.07, 6.45) is 0. The first-order valence-corrected chi connectivity index (χ1v) is 15.3. The normalized spacial score (nSPS) is 15.9. The molecule has 0 spiro atoms. The number of carbonyl (C=O) groups is 2. The fraction of sp³-hybridized carbons (Fsp3) is 0.286. The SMILES string of the molecule is O=C(CN1CCNCC1)Nc1ccc(-c2cc(-c3ccccc3)cc(-c3ccc(NC(=O)CN4CCNCC4)cc3)n2)cc1. The molecule has 9 heteroatoms. The Morgan fingerprint density at radius 3 is 1.43 bits per heavy atom. The van der Waals surface area contributed by atoms with Gasteiger partial charge in [0.1, 0.15) is 0 Å². The zero-order valence-electron chi connectivity index (χ0n) is 24.9. The van der Waals surface area contributed by atoms with Crippen LogP contribution in [0.15, 0.2) is 91.0 Å². The highest BCUT2D eigenvalue weighted by atomic mass is 16.2. The van der Waals surface area contributed by atoms with E-state index < -0.39 is 0 Å². The Balaban J connectivity index is 1.19. The van der Waals surface area contributed by atoms with Gasteiger partial charge in [-0.1, -0.05) is 54.6 Å². The molecule has 44 heavy (non-hydrogen) atoms. The minimum absolute atomic E-state index is 0.00503. The molecule has 2 saturated heterocycles. The van der Waals surface area contributed by atoms with E-state index in [9.17, 15) is 9.59 Å². The van der Waals surface area contributed by atoms with Gasteiger partial charge in [-0.25, -0.2) is 4.98 Å². The van der Waals surface area contributed by atoms with E-state index in [4.69, 9.17) is 4.98 Å². The molecule has 0 bridgehead atoms. The van der Waals surface area contributed by atoms with Crippen molar-refractivity contribution in [2.45, 2.75) is 0 Å². The number of pyridine rings is 1. The molecule has 0 aliphatic carbocycles. The van der Waals surface area contributed by atoms with Crippen LogP contribution in [0, 0.1) is 0 Å². The standard InChI is InChI=1S/C35H39N7O2/c43-34(24-41-18-14-36-15-19-41)38-30-10-6-27(7-11-30)32-22-29(26-4-2-1-3-5-26)23-33(40-32)28-8-12-31(13-9-28)39-35(44)25-42-20-16-37-17-21-42/h1-13,22-23,36-37H,14-21,24-25H2,(H,38,43)(H,39,44). The minimum Gasteiger partial charge on any atom is -0.325 e. The molecule has 4 N–H and O–H groups in total. The Morgan fingerprint density at radius 1 is 0.568 bits per heavy atom. The van der Waals surface area contributed by atoms with Crippen LogP contribution in [0.3, 0.4) is 0 Å². The van der Waals surface area contributed by atoms with Crippen molar-refractivity contribution in [3.8, 4) is 33.6 Å². The maximum Gasteiger partial charge on any atom is 0.238 e. The summed E-state index contributed by atoms with van der Waals surface area (Å²) in [5.41, 5.74) is 7.30. The van der Waals surface area contributed by atoms with Crippen molar-refractivity contribution in [1.82, 2.24) is 25.4 Å². The molecule has 2 fully saturated rings. The first-order chi connectivity index (χ1) is 21.6. The Hall–Kier alpha value is -4.41. The van der Waals surface area contributed by atoms with Crippen molar-refractivity contribution in [2.24, 2.45) is 0 Å². The van der Waals surface area contributed by atoms with Crippen molar-refractivity contribution >= 4 is 23.2 Å². The van der Waals surface area contributed by atoms with Gasteiger partial charge in [0.15, 0.2) is 0 Å². The van der Waals surface area contributed by atoms with Gasteiger partial charge in [-0.3, -0.25) is 19.4 Å². The molecule has 2 aliphatic heterocycles. The molecule has 2 amide bonds. The predicted octanol–water partition coefficient (Wildman–Crippen LogP) is 3.77. The first kappa shape index (κ1) is 29.7. The Labute approximate surface area is 258 Å². The number of benzene rings is 3. The number of hydrogen-bond donors (Lipinski definition) is 4. The first-order valence-electron chi connectivity index (χ1n) is 15.3. The fourth-order valence-corrected chi connectivity index (χ4v) is 5.62. The predicted molar refractivity (Wildman–Crippen MR) is 176 cm³/mol. The summed E-state index contributed by atoms with van der Waals surface area (Å²) in [6, 6.07) is 30.2. The lowest BCUT2D eigenvalue weighted by Crippen LogP contribution is -2.46. The molecule has 6 rings (SSSR count). The monoisotopic (exact) mass is 589 g/mol. The molecule has 2 aliphatic rings. The molecule has 0 unspecified atom stereocenters. The van der Waals surface area contributed by atoms with Gasteiger partial charge in [0.2, 0.25) is 11.8 Å². The molecule has 3 heterocycles. The number of rotatable bonds is 9. The van der Waals surface area contributed by atoms with E-state index in [1.807, 2.05) is 66.7 Å². The highest BCUT2D eigenvalue weighted by Crippen LogP contribution is 2.31. The van der Waals surface area contributed by atoms with E-state index in [1.165, 1.54) is 0 Å². The molecule has 226 valence electrons. The second-order valence-electron chi connectivity index (χ2n) is 11.3. The molecule has 4 aromatic rings. The summed E-state index contributed by atoms with van der Waals surface area (Å²) in [5, 5.41) is 12.7. The van der Waals surface area contributed by atoms with Gasteiger partial charge in [-0.2, -0.15) is 0 Å². The van der Waals surface area contributed by atoms with Crippen LogP contribution in [0.4, 0.5) is 11.4 Å². The lowest BCUT2D eigenvalue weighted by atomic mass is 10.00. The van der Waals surface area contributed by atoms with Crippen LogP contribution in [0.1, 0.15) is 0 Å². The number of aromatic nitrogens is 1. The van der Waals surface area contributed by atoms with E-state index in [-0.39, 0.29) is 11.8 Å². The van der Waals surface area contributed by atoms with Gasteiger partial charge in [-0.05, 0) is 47.5 Å². The topological polar surface area (TPSA) is 102 Å². The van der Waals surface area contributed by atoms with Crippen molar-refractivity contribution in [2.75, 3.05) is 76.1 Å². The fourth-order valence-electron chi connectivity index (χ4n) is 5.62. The quantitative estimate of drug-likeness (QED) is 0.236. The van der Waals surface area contributed by atoms with Crippen molar-refractivity contribution in [3.05, 3.63) is 91.0 Å². The lowest BCUT2D eigenvalue weighted by molar-refractivity contribution is -0.118. The summed E-state index contributed by atoms with van der Waals surface area (Å²) in [4.78, 5) is 34.6. The summed E-state index contributed by atoms with van der Waals surface area (Å²) >= 11 is 0. The zero-order chi connectivity index (χ0) is 30.1. The summed E-state index contributed by atoms with van der Waals surface area (Å²) in [6.45, 7) is 7.97. The molecule has 3 aromatic carbocycles. The second kappa shape index (κ2) is 14.4. The van der Waals surface area contributed by atoms with Crippen LogP contribution < -0.4 is 21.3 Å². The van der Waals surface area contributed by atoms with Gasteiger partial charge < -0.3 is 21.3 Å². The van der Waals surface area contributed by atoms with Crippen LogP contribution in [0.2, 0.25) is 0 Å². The third-order valence-corrected chi connectivity index (χ3v) is 8.01. The van der Waals surface area contributed by atoms with Crippen LogP contribution in [-0.4, -0.2) is 92.0 Å². The molecule has 0 saturated carbocycles. The number of carbonyl (C=O) groups excluding carboxylic acids is 2. The van der Waals surface area contributed by atoms with Gasteiger partial charge in [-0.15, -0.1) is 0 Å². The highest BCUT2D eigenvalue weighted by Gasteiger charge is 2.15. The van der Waals surface area contributed by atoms with Gasteiger partial charge in [0.05, 0.1) is 24.5 Å². The van der Waals surface area contributed by atoms with Crippen LogP contribution in [0.25, 0.3) is 33.6 Å². The third-order valence-electron chi connectivity index (χ3n) is 8.01. The van der Waals surface area contributed by atoms with E-state index in [0.29, 0.717) is 13.1 Å². The maximum absolute atomic E-state index is 12.6. The molecule has 9 nitrogen and oxygen atoms in total. The van der Waals surface area contributed by atoms with Crippen molar-refractivity contribution in [1.29, 1.82) is 0 Å². The molecular weight excluding hydrogens is 550 g/mol. The Morgan fingerprint density at radius 2 is 1.00 bits per heavy atom. The molecular formula is C35H39N7O2. The van der Waals surface area contributed by atoms with Crippen LogP contribution in [0.5, 0.6) is 0 Å². The molecule has 1 aromatic heterocycles. The van der Waals surface area contributed by atoms with Gasteiger partial charge >= 0.3 is 0 Å². The summed E-state index contributed by atoms with van der Waals surface area (Å²) in [7, 11) is 0. The number of amides is 2. The number of anilines is 2. The molecule has 0 atom stereocenters. The Kier molecular flexibility index (Phi) is 9.69. The van der Waals surface area contributed by atoms with Crippen LogP contribution >= 0.6 is 0 Å². The van der Waals surface area contributed by atoms with E-state index in [0.717, 1.165) is 97.4 Å². The highest BCUT2D eigenvalue weighted by molar-refractivity contribution is 5.93. The molecule has 0 radical (unpaired) electrons. The van der Waals surface area contributed by atoms with Gasteiger partial charge in [0, 0.05) is 74.9 Å². The number of nitrogens with one attached hydrogen (secondary N) is 4. The minimum atomic E-state index is -0.00503. The van der Waals surface area contributed by atoms with Crippen LogP contribution in [-0.2, 0) is 9.59 Å².